The van der Waals surface area contributed by atoms with Gasteiger partial charge in [0.05, 0.1) is 29.0 Å². The molecule has 0 fully saturated rings. The zero-order valence-electron chi connectivity index (χ0n) is 22.8. The number of carbonyl (C=O) groups is 1. The van der Waals surface area contributed by atoms with Crippen LogP contribution in [0.3, 0.4) is 0 Å². The van der Waals surface area contributed by atoms with Crippen molar-refractivity contribution in [3.63, 3.8) is 0 Å². The summed E-state index contributed by atoms with van der Waals surface area (Å²) in [6, 6.07) is 21.8. The molecule has 9 heteroatoms. The Hall–Kier alpha value is -5.70. The van der Waals surface area contributed by atoms with Gasteiger partial charge in [-0.15, -0.1) is 0 Å². The third-order valence-corrected chi connectivity index (χ3v) is 7.26. The Labute approximate surface area is 241 Å². The molecule has 9 nitrogen and oxygen atoms in total. The minimum absolute atomic E-state index is 0.0587. The minimum Gasteiger partial charge on any atom is -0.335 e. The smallest absolute Gasteiger partial charge is 0.228 e. The number of pyridine rings is 3. The Balaban J connectivity index is 1.24. The van der Waals surface area contributed by atoms with Crippen molar-refractivity contribution in [1.82, 2.24) is 35.1 Å². The maximum absolute atomic E-state index is 12.8. The minimum atomic E-state index is -0.0587. The van der Waals surface area contributed by atoms with E-state index in [9.17, 15) is 4.79 Å². The Morgan fingerprint density at radius 2 is 1.71 bits per heavy atom. The third kappa shape index (κ3) is 4.88. The first-order valence-corrected chi connectivity index (χ1v) is 13.7. The SMILES string of the molecule is CCc1cc(NC(=O)Cc2ccccc2)cc(-c2cnc3n[nH]c(-c4nc5c(-c6ccncc6)cncc5[nH]4)c3c2)c1. The highest BCUT2D eigenvalue weighted by Crippen LogP contribution is 2.33. The van der Waals surface area contributed by atoms with Crippen LogP contribution in [0.5, 0.6) is 0 Å². The summed E-state index contributed by atoms with van der Waals surface area (Å²) in [4.78, 5) is 34.3. The van der Waals surface area contributed by atoms with Gasteiger partial charge in [0.25, 0.3) is 0 Å². The van der Waals surface area contributed by atoms with Crippen LogP contribution in [-0.2, 0) is 17.6 Å². The fourth-order valence-electron chi connectivity index (χ4n) is 5.15. The maximum Gasteiger partial charge on any atom is 0.228 e. The summed E-state index contributed by atoms with van der Waals surface area (Å²) in [5.41, 5.74) is 9.56. The third-order valence-electron chi connectivity index (χ3n) is 7.26. The Morgan fingerprint density at radius 1 is 0.857 bits per heavy atom. The second-order valence-electron chi connectivity index (χ2n) is 10.1. The van der Waals surface area contributed by atoms with Crippen LogP contribution in [0.25, 0.3) is 55.8 Å². The Kier molecular flexibility index (Phi) is 6.44. The van der Waals surface area contributed by atoms with Gasteiger partial charge < -0.3 is 10.3 Å². The fourth-order valence-corrected chi connectivity index (χ4v) is 5.15. The van der Waals surface area contributed by atoms with Crippen molar-refractivity contribution in [2.75, 3.05) is 5.32 Å². The molecule has 0 aliphatic heterocycles. The highest BCUT2D eigenvalue weighted by molar-refractivity contribution is 5.97. The van der Waals surface area contributed by atoms with Gasteiger partial charge in [0, 0.05) is 41.6 Å². The largest absolute Gasteiger partial charge is 0.335 e. The molecule has 0 spiro atoms. The van der Waals surface area contributed by atoms with E-state index in [2.05, 4.69) is 54.5 Å². The normalized spacial score (nSPS) is 11.3. The van der Waals surface area contributed by atoms with Crippen molar-refractivity contribution in [3.05, 3.63) is 109 Å². The molecule has 0 unspecified atom stereocenters. The zero-order valence-corrected chi connectivity index (χ0v) is 22.8. The summed E-state index contributed by atoms with van der Waals surface area (Å²) in [5, 5.41) is 11.5. The monoisotopic (exact) mass is 550 g/mol. The van der Waals surface area contributed by atoms with Crippen LogP contribution in [0.1, 0.15) is 18.1 Å². The molecular formula is C33H26N8O. The fraction of sp³-hybridized carbons (Fsp3) is 0.0909. The number of fused-ring (bicyclic) bond motifs is 2. The molecule has 0 saturated heterocycles. The topological polar surface area (TPSA) is 125 Å². The number of aromatic amines is 2. The number of aromatic nitrogens is 7. The van der Waals surface area contributed by atoms with Crippen molar-refractivity contribution in [1.29, 1.82) is 0 Å². The van der Waals surface area contributed by atoms with Crippen molar-refractivity contribution in [2.24, 2.45) is 0 Å². The molecule has 2 aromatic carbocycles. The summed E-state index contributed by atoms with van der Waals surface area (Å²) < 4.78 is 0. The highest BCUT2D eigenvalue weighted by atomic mass is 16.1. The van der Waals surface area contributed by atoms with E-state index in [1.165, 1.54) is 0 Å². The molecule has 5 aromatic heterocycles. The Morgan fingerprint density at radius 3 is 2.55 bits per heavy atom. The summed E-state index contributed by atoms with van der Waals surface area (Å²) >= 11 is 0. The first-order valence-electron chi connectivity index (χ1n) is 13.7. The first kappa shape index (κ1) is 25.3. The van der Waals surface area contributed by atoms with Crippen LogP contribution in [0.2, 0.25) is 0 Å². The van der Waals surface area contributed by atoms with Gasteiger partial charge in [-0.05, 0) is 59.0 Å². The van der Waals surface area contributed by atoms with E-state index in [-0.39, 0.29) is 5.91 Å². The number of amides is 1. The predicted octanol–water partition coefficient (Wildman–Crippen LogP) is 6.37. The maximum atomic E-state index is 12.8. The standard InChI is InChI=1S/C33H26N8O/c1-2-20-12-23(15-25(13-20)37-29(42)14-21-6-4-3-5-7-21)24-16-26-31(40-41-32(26)36-17-24)33-38-28-19-35-18-27(30(28)39-33)22-8-10-34-11-9-22/h3-13,15-19H,2,14H2,1H3,(H,37,42)(H,38,39)(H,36,40,41). The van der Waals surface area contributed by atoms with Crippen LogP contribution in [0.15, 0.2) is 97.7 Å². The molecule has 1 amide bonds. The average Bonchev–Trinajstić information content (AvgIpc) is 3.65. The summed E-state index contributed by atoms with van der Waals surface area (Å²) in [6.45, 7) is 2.10. The summed E-state index contributed by atoms with van der Waals surface area (Å²) in [6.07, 6.45) is 10.0. The number of hydrogen-bond acceptors (Lipinski definition) is 6. The van der Waals surface area contributed by atoms with E-state index >= 15 is 0 Å². The second kappa shape index (κ2) is 10.7. The van der Waals surface area contributed by atoms with E-state index in [1.54, 1.807) is 24.8 Å². The van der Waals surface area contributed by atoms with Gasteiger partial charge in [0.15, 0.2) is 11.5 Å². The van der Waals surface area contributed by atoms with E-state index in [4.69, 9.17) is 4.98 Å². The number of nitrogens with one attached hydrogen (secondary N) is 3. The molecule has 7 rings (SSSR count). The number of hydrogen-bond donors (Lipinski definition) is 3. The van der Waals surface area contributed by atoms with Crippen molar-refractivity contribution in [2.45, 2.75) is 19.8 Å². The van der Waals surface area contributed by atoms with E-state index < -0.39 is 0 Å². The van der Waals surface area contributed by atoms with Crippen LogP contribution >= 0.6 is 0 Å². The van der Waals surface area contributed by atoms with Gasteiger partial charge in [0.2, 0.25) is 5.91 Å². The lowest BCUT2D eigenvalue weighted by atomic mass is 10.0. The molecule has 7 aromatic rings. The number of imidazole rings is 1. The molecule has 0 saturated carbocycles. The lowest BCUT2D eigenvalue weighted by Gasteiger charge is -2.11. The Bertz CT molecular complexity index is 2050. The molecule has 5 heterocycles. The summed E-state index contributed by atoms with van der Waals surface area (Å²) in [7, 11) is 0. The van der Waals surface area contributed by atoms with Gasteiger partial charge in [-0.2, -0.15) is 5.10 Å². The molecule has 204 valence electrons. The summed E-state index contributed by atoms with van der Waals surface area (Å²) in [5.74, 6) is 0.586. The van der Waals surface area contributed by atoms with Crippen molar-refractivity contribution in [3.8, 4) is 33.8 Å². The number of aryl methyl sites for hydroxylation is 1. The van der Waals surface area contributed by atoms with Crippen LogP contribution in [0.4, 0.5) is 5.69 Å². The van der Waals surface area contributed by atoms with Gasteiger partial charge in [-0.3, -0.25) is 19.9 Å². The molecule has 3 N–H and O–H groups in total. The lowest BCUT2D eigenvalue weighted by Crippen LogP contribution is -2.14. The van der Waals surface area contributed by atoms with Crippen LogP contribution in [-0.4, -0.2) is 41.0 Å². The van der Waals surface area contributed by atoms with Crippen molar-refractivity contribution >= 4 is 33.7 Å². The number of nitrogens with zero attached hydrogens (tertiary/aromatic N) is 5. The van der Waals surface area contributed by atoms with Crippen LogP contribution in [0, 0.1) is 0 Å². The van der Waals surface area contributed by atoms with Gasteiger partial charge in [-0.25, -0.2) is 9.97 Å². The molecule has 0 aliphatic carbocycles. The predicted molar refractivity (Wildman–Crippen MR) is 164 cm³/mol. The number of H-pyrrole nitrogens is 2. The number of carbonyl (C=O) groups excluding carboxylic acids is 1. The molecule has 0 bridgehead atoms. The molecule has 0 atom stereocenters. The van der Waals surface area contributed by atoms with Crippen molar-refractivity contribution < 1.29 is 4.79 Å². The van der Waals surface area contributed by atoms with Gasteiger partial charge in [0.1, 0.15) is 5.69 Å². The number of anilines is 1. The lowest BCUT2D eigenvalue weighted by molar-refractivity contribution is -0.115. The molecular weight excluding hydrogens is 524 g/mol. The number of benzene rings is 2. The molecule has 0 aliphatic rings. The quantitative estimate of drug-likeness (QED) is 0.212. The highest BCUT2D eigenvalue weighted by Gasteiger charge is 2.17. The van der Waals surface area contributed by atoms with Gasteiger partial charge >= 0.3 is 0 Å². The second-order valence-corrected chi connectivity index (χ2v) is 10.1. The molecule has 0 radical (unpaired) electrons. The van der Waals surface area contributed by atoms with Gasteiger partial charge in [-0.1, -0.05) is 43.3 Å². The van der Waals surface area contributed by atoms with Crippen LogP contribution < -0.4 is 5.32 Å². The van der Waals surface area contributed by atoms with E-state index in [0.29, 0.717) is 17.9 Å². The first-order chi connectivity index (χ1) is 20.6. The van der Waals surface area contributed by atoms with E-state index in [1.807, 2.05) is 60.8 Å². The zero-order chi connectivity index (χ0) is 28.5. The average molecular weight is 551 g/mol. The molecule has 42 heavy (non-hydrogen) atoms. The number of rotatable bonds is 7. The van der Waals surface area contributed by atoms with E-state index in [0.717, 1.165) is 67.6 Å².